The van der Waals surface area contributed by atoms with Crippen LogP contribution < -0.4 is 0 Å². The van der Waals surface area contributed by atoms with Crippen molar-refractivity contribution < 1.29 is 9.50 Å². The van der Waals surface area contributed by atoms with Gasteiger partial charge in [0.15, 0.2) is 0 Å². The topological polar surface area (TPSA) is 33.1 Å². The highest BCUT2D eigenvalue weighted by atomic mass is 19.1. The Morgan fingerprint density at radius 1 is 1.28 bits per heavy atom. The maximum atomic E-state index is 13.2. The summed E-state index contributed by atoms with van der Waals surface area (Å²) >= 11 is 0. The number of aryl methyl sites for hydroxylation is 1. The lowest BCUT2D eigenvalue weighted by Crippen LogP contribution is -2.09. The highest BCUT2D eigenvalue weighted by Crippen LogP contribution is 2.40. The van der Waals surface area contributed by atoms with Crippen molar-refractivity contribution in [2.24, 2.45) is 0 Å². The Hall–Kier alpha value is -1.74. The van der Waals surface area contributed by atoms with Crippen LogP contribution in [-0.2, 0) is 6.42 Å². The molecular formula is C15H14FNO. The fourth-order valence-corrected chi connectivity index (χ4v) is 2.67. The van der Waals surface area contributed by atoms with Gasteiger partial charge < -0.3 is 5.11 Å². The first-order valence-electron chi connectivity index (χ1n) is 6.13. The summed E-state index contributed by atoms with van der Waals surface area (Å²) in [6.45, 7) is 0. The van der Waals surface area contributed by atoms with Crippen LogP contribution in [0.4, 0.5) is 4.39 Å². The standard InChI is InChI=1S/C15H14FNO/c16-12-5-1-3-11(9-12)15(18)13-7-6-10-4-2-8-17-14(10)13/h1-5,8-9,13,15,18H,6-7H2. The number of benzene rings is 1. The van der Waals surface area contributed by atoms with Crippen molar-refractivity contribution in [1.82, 2.24) is 4.98 Å². The minimum atomic E-state index is -0.683. The molecule has 0 fully saturated rings. The molecule has 1 aliphatic carbocycles. The van der Waals surface area contributed by atoms with Crippen molar-refractivity contribution in [3.63, 3.8) is 0 Å². The summed E-state index contributed by atoms with van der Waals surface area (Å²) in [5.41, 5.74) is 2.77. The second-order valence-corrected chi connectivity index (χ2v) is 4.69. The Labute approximate surface area is 105 Å². The predicted molar refractivity (Wildman–Crippen MR) is 66.7 cm³/mol. The lowest BCUT2D eigenvalue weighted by atomic mass is 9.93. The summed E-state index contributed by atoms with van der Waals surface area (Å²) in [5, 5.41) is 10.4. The van der Waals surface area contributed by atoms with Crippen molar-refractivity contribution in [3.8, 4) is 0 Å². The van der Waals surface area contributed by atoms with E-state index < -0.39 is 6.10 Å². The highest BCUT2D eigenvalue weighted by molar-refractivity contribution is 5.32. The van der Waals surface area contributed by atoms with Crippen LogP contribution in [0, 0.1) is 5.82 Å². The Kier molecular flexibility index (Phi) is 2.84. The molecular weight excluding hydrogens is 229 g/mol. The number of halogens is 1. The van der Waals surface area contributed by atoms with E-state index in [0.29, 0.717) is 5.56 Å². The van der Waals surface area contributed by atoms with Gasteiger partial charge in [-0.3, -0.25) is 4.98 Å². The van der Waals surface area contributed by atoms with Gasteiger partial charge in [-0.25, -0.2) is 4.39 Å². The van der Waals surface area contributed by atoms with Gasteiger partial charge in [0.05, 0.1) is 6.10 Å². The van der Waals surface area contributed by atoms with Crippen LogP contribution in [0.25, 0.3) is 0 Å². The molecule has 0 saturated heterocycles. The van der Waals surface area contributed by atoms with Crippen LogP contribution >= 0.6 is 0 Å². The van der Waals surface area contributed by atoms with Gasteiger partial charge in [-0.05, 0) is 42.2 Å². The van der Waals surface area contributed by atoms with E-state index in [0.717, 1.165) is 18.5 Å². The number of pyridine rings is 1. The van der Waals surface area contributed by atoms with Gasteiger partial charge in [0.25, 0.3) is 0 Å². The number of hydrogen-bond acceptors (Lipinski definition) is 2. The second-order valence-electron chi connectivity index (χ2n) is 4.69. The summed E-state index contributed by atoms with van der Waals surface area (Å²) < 4.78 is 13.2. The minimum Gasteiger partial charge on any atom is -0.388 e. The van der Waals surface area contributed by atoms with E-state index in [1.165, 1.54) is 17.7 Å². The van der Waals surface area contributed by atoms with Gasteiger partial charge in [0.2, 0.25) is 0 Å². The van der Waals surface area contributed by atoms with Gasteiger partial charge in [0.1, 0.15) is 5.82 Å². The molecule has 3 heteroatoms. The number of nitrogens with zero attached hydrogens (tertiary/aromatic N) is 1. The molecule has 1 aliphatic rings. The SMILES string of the molecule is OC(c1cccc(F)c1)C1CCc2cccnc21. The molecule has 1 N–H and O–H groups in total. The Balaban J connectivity index is 1.93. The average Bonchev–Trinajstić information content (AvgIpc) is 2.82. The first-order chi connectivity index (χ1) is 8.75. The molecule has 0 bridgehead atoms. The molecule has 2 aromatic rings. The molecule has 1 aromatic carbocycles. The van der Waals surface area contributed by atoms with Gasteiger partial charge in [0, 0.05) is 17.8 Å². The van der Waals surface area contributed by atoms with Gasteiger partial charge >= 0.3 is 0 Å². The van der Waals surface area contributed by atoms with E-state index in [4.69, 9.17) is 0 Å². The lowest BCUT2D eigenvalue weighted by molar-refractivity contribution is 0.143. The zero-order valence-electron chi connectivity index (χ0n) is 9.88. The lowest BCUT2D eigenvalue weighted by Gasteiger charge is -2.18. The summed E-state index contributed by atoms with van der Waals surface area (Å²) in [6, 6.07) is 10.1. The molecule has 0 spiro atoms. The number of aromatic nitrogens is 1. The molecule has 3 rings (SSSR count). The van der Waals surface area contributed by atoms with Crippen LogP contribution in [0.1, 0.15) is 35.3 Å². The van der Waals surface area contributed by atoms with Crippen LogP contribution in [-0.4, -0.2) is 10.1 Å². The third kappa shape index (κ3) is 1.91. The monoisotopic (exact) mass is 243 g/mol. The summed E-state index contributed by atoms with van der Waals surface area (Å²) in [6.07, 6.45) is 2.86. The minimum absolute atomic E-state index is 0.0250. The molecule has 0 radical (unpaired) electrons. The van der Waals surface area contributed by atoms with E-state index in [1.54, 1.807) is 18.3 Å². The van der Waals surface area contributed by atoms with E-state index in [9.17, 15) is 9.50 Å². The Morgan fingerprint density at radius 3 is 3.00 bits per heavy atom. The van der Waals surface area contributed by atoms with E-state index in [2.05, 4.69) is 4.98 Å². The molecule has 18 heavy (non-hydrogen) atoms. The summed E-state index contributed by atoms with van der Waals surface area (Å²) in [5.74, 6) is -0.339. The van der Waals surface area contributed by atoms with Crippen LogP contribution in [0.5, 0.6) is 0 Å². The van der Waals surface area contributed by atoms with E-state index in [-0.39, 0.29) is 11.7 Å². The number of aliphatic hydroxyl groups is 1. The molecule has 1 aromatic heterocycles. The fraction of sp³-hybridized carbons (Fsp3) is 0.267. The molecule has 2 atom stereocenters. The molecule has 0 amide bonds. The van der Waals surface area contributed by atoms with Crippen LogP contribution in [0.15, 0.2) is 42.6 Å². The van der Waals surface area contributed by atoms with Gasteiger partial charge in [-0.1, -0.05) is 18.2 Å². The van der Waals surface area contributed by atoms with Gasteiger partial charge in [-0.15, -0.1) is 0 Å². The first kappa shape index (κ1) is 11.4. The van der Waals surface area contributed by atoms with Crippen molar-refractivity contribution >= 4 is 0 Å². The second kappa shape index (κ2) is 4.50. The molecule has 2 unspecified atom stereocenters. The van der Waals surface area contributed by atoms with Crippen molar-refractivity contribution in [3.05, 3.63) is 65.2 Å². The Morgan fingerprint density at radius 2 is 2.17 bits per heavy atom. The maximum absolute atomic E-state index is 13.2. The van der Waals surface area contributed by atoms with Crippen molar-refractivity contribution in [1.29, 1.82) is 0 Å². The summed E-state index contributed by atoms with van der Waals surface area (Å²) in [4.78, 5) is 4.36. The number of rotatable bonds is 2. The smallest absolute Gasteiger partial charge is 0.123 e. The molecule has 92 valence electrons. The number of aliphatic hydroxyl groups excluding tert-OH is 1. The average molecular weight is 243 g/mol. The number of fused-ring (bicyclic) bond motifs is 1. The molecule has 1 heterocycles. The van der Waals surface area contributed by atoms with Crippen molar-refractivity contribution in [2.45, 2.75) is 24.9 Å². The zero-order chi connectivity index (χ0) is 12.5. The fourth-order valence-electron chi connectivity index (χ4n) is 2.67. The van der Waals surface area contributed by atoms with Crippen LogP contribution in [0.3, 0.4) is 0 Å². The zero-order valence-corrected chi connectivity index (χ0v) is 9.88. The molecule has 2 nitrogen and oxygen atoms in total. The molecule has 0 aliphatic heterocycles. The van der Waals surface area contributed by atoms with Gasteiger partial charge in [-0.2, -0.15) is 0 Å². The summed E-state index contributed by atoms with van der Waals surface area (Å²) in [7, 11) is 0. The van der Waals surface area contributed by atoms with E-state index >= 15 is 0 Å². The third-order valence-electron chi connectivity index (χ3n) is 3.57. The largest absolute Gasteiger partial charge is 0.388 e. The normalized spacial score (nSPS) is 19.6. The van der Waals surface area contributed by atoms with Crippen LogP contribution in [0.2, 0.25) is 0 Å². The first-order valence-corrected chi connectivity index (χ1v) is 6.13. The third-order valence-corrected chi connectivity index (χ3v) is 3.57. The quantitative estimate of drug-likeness (QED) is 0.879. The maximum Gasteiger partial charge on any atom is 0.123 e. The van der Waals surface area contributed by atoms with E-state index in [1.807, 2.05) is 12.1 Å². The Bertz CT molecular complexity index is 570. The molecule has 0 saturated carbocycles. The van der Waals surface area contributed by atoms with Crippen molar-refractivity contribution in [2.75, 3.05) is 0 Å². The number of hydrogen-bond donors (Lipinski definition) is 1. The highest BCUT2D eigenvalue weighted by Gasteiger charge is 2.30. The predicted octanol–water partition coefficient (Wildman–Crippen LogP) is 2.98.